The molecule has 0 radical (unpaired) electrons. The molecule has 1 aliphatic rings. The Balaban J connectivity index is 2.21. The molecule has 1 aliphatic heterocycles. The number of rotatable bonds is 0. The fourth-order valence-corrected chi connectivity index (χ4v) is 2.67. The third-order valence-corrected chi connectivity index (χ3v) is 3.84. The molecule has 3 nitrogen and oxygen atoms in total. The van der Waals surface area contributed by atoms with E-state index in [-0.39, 0.29) is 5.91 Å². The third kappa shape index (κ3) is 2.80. The van der Waals surface area contributed by atoms with E-state index in [1.807, 2.05) is 24.3 Å². The van der Waals surface area contributed by atoms with Crippen LogP contribution in [0.1, 0.15) is 23.7 Å². The van der Waals surface area contributed by atoms with Gasteiger partial charge in [0.15, 0.2) is 0 Å². The number of carbonyl (C=O) groups excluding carboxylic acids is 1. The minimum Gasteiger partial charge on any atom is -0.308 e. The zero-order valence-corrected chi connectivity index (χ0v) is 12.8. The highest BCUT2D eigenvalue weighted by Gasteiger charge is 2.19. The van der Waals surface area contributed by atoms with Crippen LogP contribution in [0.2, 0.25) is 10.2 Å². The van der Waals surface area contributed by atoms with Crippen molar-refractivity contribution < 1.29 is 4.79 Å². The van der Waals surface area contributed by atoms with Gasteiger partial charge < -0.3 is 4.90 Å². The zero-order valence-electron chi connectivity index (χ0n) is 11.3. The summed E-state index contributed by atoms with van der Waals surface area (Å²) >= 11 is 12.0. The summed E-state index contributed by atoms with van der Waals surface area (Å²) in [5.41, 5.74) is 3.43. The van der Waals surface area contributed by atoms with Crippen LogP contribution in [-0.2, 0) is 11.3 Å². The number of amides is 1. The van der Waals surface area contributed by atoms with Gasteiger partial charge in [-0.15, -0.1) is 0 Å². The van der Waals surface area contributed by atoms with E-state index in [0.29, 0.717) is 16.7 Å². The van der Waals surface area contributed by atoms with Gasteiger partial charge >= 0.3 is 0 Å². The van der Waals surface area contributed by atoms with E-state index in [9.17, 15) is 4.79 Å². The second kappa shape index (κ2) is 5.51. The van der Waals surface area contributed by atoms with Crippen molar-refractivity contribution in [1.82, 2.24) is 4.98 Å². The van der Waals surface area contributed by atoms with Gasteiger partial charge in [-0.25, -0.2) is 4.98 Å². The number of nitrogens with zero attached hydrogens (tertiary/aromatic N) is 2. The molecule has 0 spiro atoms. The minimum absolute atomic E-state index is 0.0466. The Bertz CT molecular complexity index is 756. The first-order valence-electron chi connectivity index (χ1n) is 6.46. The predicted octanol–water partition coefficient (Wildman–Crippen LogP) is 4.43. The van der Waals surface area contributed by atoms with Gasteiger partial charge in [0.2, 0.25) is 5.91 Å². The molecular formula is C16H12Cl2N2O. The first-order chi connectivity index (χ1) is 10.0. The van der Waals surface area contributed by atoms with E-state index in [1.54, 1.807) is 30.0 Å². The lowest BCUT2D eigenvalue weighted by molar-refractivity contribution is -0.116. The number of fused-ring (bicyclic) bond motifs is 2. The largest absolute Gasteiger partial charge is 0.308 e. The van der Waals surface area contributed by atoms with Gasteiger partial charge in [0.25, 0.3) is 0 Å². The van der Waals surface area contributed by atoms with E-state index in [1.165, 1.54) is 0 Å². The average molecular weight is 319 g/mol. The quantitative estimate of drug-likeness (QED) is 0.673. The Labute approximate surface area is 132 Å². The number of anilines is 1. The second-order valence-electron chi connectivity index (χ2n) is 4.82. The standard InChI is InChI=1S/C16H12Cl2N2O/c1-10(21)20-9-12-4-7-16(18)19-14(12)6-3-11-2-5-13(17)8-15(11)20/h2-8H,9H2,1H3. The molecule has 0 saturated heterocycles. The highest BCUT2D eigenvalue weighted by molar-refractivity contribution is 6.31. The van der Waals surface area contributed by atoms with Crippen molar-refractivity contribution in [3.8, 4) is 0 Å². The van der Waals surface area contributed by atoms with Crippen LogP contribution < -0.4 is 4.90 Å². The van der Waals surface area contributed by atoms with Crippen molar-refractivity contribution in [3.63, 3.8) is 0 Å². The SMILES string of the molecule is CC(=O)N1Cc2ccc(Cl)nc2C=Cc2ccc(Cl)cc21. The number of hydrogen-bond acceptors (Lipinski definition) is 2. The second-order valence-corrected chi connectivity index (χ2v) is 5.64. The van der Waals surface area contributed by atoms with E-state index in [4.69, 9.17) is 23.2 Å². The van der Waals surface area contributed by atoms with Crippen molar-refractivity contribution in [2.75, 3.05) is 4.90 Å². The minimum atomic E-state index is -0.0466. The van der Waals surface area contributed by atoms with Crippen molar-refractivity contribution in [2.24, 2.45) is 0 Å². The predicted molar refractivity (Wildman–Crippen MR) is 86.5 cm³/mol. The Kier molecular flexibility index (Phi) is 3.70. The topological polar surface area (TPSA) is 33.2 Å². The normalized spacial score (nSPS) is 13.2. The van der Waals surface area contributed by atoms with Crippen molar-refractivity contribution in [2.45, 2.75) is 13.5 Å². The number of hydrogen-bond donors (Lipinski definition) is 0. The first kappa shape index (κ1) is 14.1. The average Bonchev–Trinajstić information content (AvgIpc) is 2.42. The van der Waals surface area contributed by atoms with Crippen LogP contribution in [0.5, 0.6) is 0 Å². The molecule has 0 saturated carbocycles. The lowest BCUT2D eigenvalue weighted by Crippen LogP contribution is -2.29. The van der Waals surface area contributed by atoms with Crippen LogP contribution in [0.4, 0.5) is 5.69 Å². The van der Waals surface area contributed by atoms with Crippen LogP contribution in [0, 0.1) is 0 Å². The van der Waals surface area contributed by atoms with Gasteiger partial charge in [-0.2, -0.15) is 0 Å². The van der Waals surface area contributed by atoms with Crippen LogP contribution >= 0.6 is 23.2 Å². The van der Waals surface area contributed by atoms with E-state index < -0.39 is 0 Å². The van der Waals surface area contributed by atoms with Crippen LogP contribution in [0.15, 0.2) is 30.3 Å². The van der Waals surface area contributed by atoms with Crippen molar-refractivity contribution in [1.29, 1.82) is 0 Å². The van der Waals surface area contributed by atoms with Crippen LogP contribution in [0.25, 0.3) is 12.2 Å². The molecule has 0 bridgehead atoms. The first-order valence-corrected chi connectivity index (χ1v) is 7.21. The van der Waals surface area contributed by atoms with Gasteiger partial charge in [-0.05, 0) is 35.4 Å². The smallest absolute Gasteiger partial charge is 0.224 e. The summed E-state index contributed by atoms with van der Waals surface area (Å²) in [4.78, 5) is 18.0. The number of pyridine rings is 1. The Morgan fingerprint density at radius 1 is 1.19 bits per heavy atom. The Hall–Kier alpha value is -1.84. The fourth-order valence-electron chi connectivity index (χ4n) is 2.35. The van der Waals surface area contributed by atoms with Gasteiger partial charge in [0.1, 0.15) is 5.15 Å². The molecule has 0 N–H and O–H groups in total. The van der Waals surface area contributed by atoms with E-state index >= 15 is 0 Å². The summed E-state index contributed by atoms with van der Waals surface area (Å²) in [5, 5.41) is 1.04. The maximum atomic E-state index is 12.0. The number of aromatic nitrogens is 1. The Morgan fingerprint density at radius 3 is 2.76 bits per heavy atom. The molecule has 0 fully saturated rings. The van der Waals surface area contributed by atoms with E-state index in [0.717, 1.165) is 22.5 Å². The van der Waals surface area contributed by atoms with Crippen LogP contribution in [0.3, 0.4) is 0 Å². The molecule has 21 heavy (non-hydrogen) atoms. The van der Waals surface area contributed by atoms with Crippen molar-refractivity contribution in [3.05, 3.63) is 57.3 Å². The lowest BCUT2D eigenvalue weighted by Gasteiger charge is -2.25. The molecule has 0 atom stereocenters. The highest BCUT2D eigenvalue weighted by atomic mass is 35.5. The monoisotopic (exact) mass is 318 g/mol. The summed E-state index contributed by atoms with van der Waals surface area (Å²) in [6.45, 7) is 1.98. The van der Waals surface area contributed by atoms with Gasteiger partial charge in [-0.1, -0.05) is 41.4 Å². The molecule has 5 heteroatoms. The molecule has 0 aliphatic carbocycles. The number of carbonyl (C=O) groups is 1. The summed E-state index contributed by atoms with van der Waals surface area (Å²) in [6, 6.07) is 9.11. The summed E-state index contributed by atoms with van der Waals surface area (Å²) in [6.07, 6.45) is 3.83. The molecule has 106 valence electrons. The maximum Gasteiger partial charge on any atom is 0.224 e. The summed E-state index contributed by atoms with van der Waals surface area (Å²) in [7, 11) is 0. The molecule has 2 aromatic rings. The molecule has 0 unspecified atom stereocenters. The molecule has 1 amide bonds. The van der Waals surface area contributed by atoms with Crippen LogP contribution in [-0.4, -0.2) is 10.9 Å². The number of benzene rings is 1. The number of halogens is 2. The lowest BCUT2D eigenvalue weighted by atomic mass is 10.0. The molecule has 1 aromatic heterocycles. The van der Waals surface area contributed by atoms with Gasteiger partial charge in [0.05, 0.1) is 17.9 Å². The Morgan fingerprint density at radius 2 is 2.00 bits per heavy atom. The van der Waals surface area contributed by atoms with Crippen molar-refractivity contribution >= 4 is 46.9 Å². The molecule has 1 aromatic carbocycles. The molecule has 2 heterocycles. The van der Waals surface area contributed by atoms with E-state index in [2.05, 4.69) is 4.98 Å². The molecule has 3 rings (SSSR count). The maximum absolute atomic E-state index is 12.0. The summed E-state index contributed by atoms with van der Waals surface area (Å²) in [5.74, 6) is -0.0466. The third-order valence-electron chi connectivity index (χ3n) is 3.39. The summed E-state index contributed by atoms with van der Waals surface area (Å²) < 4.78 is 0. The van der Waals surface area contributed by atoms with Gasteiger partial charge in [0, 0.05) is 11.9 Å². The highest BCUT2D eigenvalue weighted by Crippen LogP contribution is 2.31. The van der Waals surface area contributed by atoms with Gasteiger partial charge in [-0.3, -0.25) is 4.79 Å². The fraction of sp³-hybridized carbons (Fsp3) is 0.125. The molecular weight excluding hydrogens is 307 g/mol. The zero-order chi connectivity index (χ0) is 15.0.